The van der Waals surface area contributed by atoms with Crippen LogP contribution in [0.15, 0.2) is 29.2 Å². The molecule has 1 aliphatic rings. The van der Waals surface area contributed by atoms with Gasteiger partial charge in [0.25, 0.3) is 0 Å². The van der Waals surface area contributed by atoms with Gasteiger partial charge in [-0.25, -0.2) is 12.8 Å². The number of nitrogens with zero attached hydrogens (tertiary/aromatic N) is 2. The molecule has 1 saturated heterocycles. The molecule has 1 fully saturated rings. The van der Waals surface area contributed by atoms with Crippen LogP contribution in [0.1, 0.15) is 19.8 Å². The van der Waals surface area contributed by atoms with E-state index < -0.39 is 15.8 Å². The van der Waals surface area contributed by atoms with Crippen LogP contribution in [0.5, 0.6) is 0 Å². The van der Waals surface area contributed by atoms with E-state index in [1.54, 1.807) is 11.9 Å². The molecule has 0 spiro atoms. The number of sulfonamides is 1. The van der Waals surface area contributed by atoms with Crippen LogP contribution in [0.25, 0.3) is 0 Å². The fourth-order valence-electron chi connectivity index (χ4n) is 2.52. The van der Waals surface area contributed by atoms with Gasteiger partial charge in [-0.05, 0) is 25.0 Å². The first-order valence-corrected chi connectivity index (χ1v) is 8.26. The molecular weight excluding hydrogens is 295 g/mol. The molecular formula is C14H19FN2O3S. The van der Waals surface area contributed by atoms with Crippen molar-refractivity contribution in [1.29, 1.82) is 0 Å². The summed E-state index contributed by atoms with van der Waals surface area (Å²) < 4.78 is 39.8. The lowest BCUT2D eigenvalue weighted by Gasteiger charge is -2.35. The zero-order chi connectivity index (χ0) is 15.6. The minimum Gasteiger partial charge on any atom is -0.343 e. The van der Waals surface area contributed by atoms with Crippen LogP contribution in [0.4, 0.5) is 4.39 Å². The maximum Gasteiger partial charge on any atom is 0.245 e. The molecule has 21 heavy (non-hydrogen) atoms. The molecule has 116 valence electrons. The predicted molar refractivity (Wildman–Crippen MR) is 76.6 cm³/mol. The monoisotopic (exact) mass is 314 g/mol. The van der Waals surface area contributed by atoms with E-state index in [4.69, 9.17) is 0 Å². The van der Waals surface area contributed by atoms with Crippen molar-refractivity contribution in [3.63, 3.8) is 0 Å². The van der Waals surface area contributed by atoms with Crippen molar-refractivity contribution in [3.8, 4) is 0 Å². The summed E-state index contributed by atoms with van der Waals surface area (Å²) >= 11 is 0. The Morgan fingerprint density at radius 1 is 1.29 bits per heavy atom. The number of amides is 1. The minimum atomic E-state index is -3.81. The summed E-state index contributed by atoms with van der Waals surface area (Å²) in [7, 11) is -2.09. The lowest BCUT2D eigenvalue weighted by atomic mass is 10.1. The minimum absolute atomic E-state index is 0.0366. The molecule has 1 aromatic rings. The fourth-order valence-corrected chi connectivity index (χ4v) is 4.05. The Morgan fingerprint density at radius 2 is 1.86 bits per heavy atom. The van der Waals surface area contributed by atoms with Crippen molar-refractivity contribution in [1.82, 2.24) is 9.21 Å². The van der Waals surface area contributed by atoms with Gasteiger partial charge in [0, 0.05) is 33.1 Å². The van der Waals surface area contributed by atoms with Crippen molar-refractivity contribution in [3.05, 3.63) is 30.1 Å². The van der Waals surface area contributed by atoms with Crippen molar-refractivity contribution in [2.75, 3.05) is 20.1 Å². The molecule has 0 bridgehead atoms. The van der Waals surface area contributed by atoms with Gasteiger partial charge in [-0.2, -0.15) is 4.31 Å². The van der Waals surface area contributed by atoms with E-state index in [0.717, 1.165) is 6.07 Å². The first-order valence-electron chi connectivity index (χ1n) is 6.82. The second kappa shape index (κ2) is 6.11. The zero-order valence-electron chi connectivity index (χ0n) is 12.1. The van der Waals surface area contributed by atoms with E-state index in [1.165, 1.54) is 29.4 Å². The molecule has 0 aromatic heterocycles. The highest BCUT2D eigenvalue weighted by Gasteiger charge is 2.32. The van der Waals surface area contributed by atoms with Crippen LogP contribution in [-0.2, 0) is 14.8 Å². The number of halogens is 1. The van der Waals surface area contributed by atoms with Crippen LogP contribution in [0.2, 0.25) is 0 Å². The van der Waals surface area contributed by atoms with Gasteiger partial charge in [-0.15, -0.1) is 0 Å². The first kappa shape index (κ1) is 15.9. The van der Waals surface area contributed by atoms with Crippen molar-refractivity contribution in [2.24, 2.45) is 0 Å². The Morgan fingerprint density at radius 3 is 2.38 bits per heavy atom. The number of carbonyl (C=O) groups is 1. The topological polar surface area (TPSA) is 57.7 Å². The highest BCUT2D eigenvalue weighted by Crippen LogP contribution is 2.24. The third kappa shape index (κ3) is 3.24. The van der Waals surface area contributed by atoms with E-state index >= 15 is 0 Å². The molecule has 1 aromatic carbocycles. The Balaban J connectivity index is 2.12. The van der Waals surface area contributed by atoms with Crippen molar-refractivity contribution in [2.45, 2.75) is 30.7 Å². The molecule has 0 N–H and O–H groups in total. The summed E-state index contributed by atoms with van der Waals surface area (Å²) in [6, 6.07) is 5.42. The second-order valence-corrected chi connectivity index (χ2v) is 7.10. The van der Waals surface area contributed by atoms with Crippen LogP contribution in [-0.4, -0.2) is 49.7 Å². The van der Waals surface area contributed by atoms with E-state index in [1.807, 2.05) is 0 Å². The SMILES string of the molecule is CC(=O)N(C)C1CCN(S(=O)(=O)c2ccccc2F)CC1. The maximum atomic E-state index is 13.7. The molecule has 0 atom stereocenters. The van der Waals surface area contributed by atoms with Gasteiger partial charge in [0.2, 0.25) is 15.9 Å². The van der Waals surface area contributed by atoms with E-state index in [0.29, 0.717) is 25.9 Å². The van der Waals surface area contributed by atoms with Crippen molar-refractivity contribution < 1.29 is 17.6 Å². The molecule has 0 unspecified atom stereocenters. The normalized spacial score (nSPS) is 17.7. The predicted octanol–water partition coefficient (Wildman–Crippen LogP) is 1.46. The third-order valence-electron chi connectivity index (χ3n) is 3.92. The van der Waals surface area contributed by atoms with Crippen LogP contribution < -0.4 is 0 Å². The van der Waals surface area contributed by atoms with Crippen molar-refractivity contribution >= 4 is 15.9 Å². The molecule has 0 saturated carbocycles. The van der Waals surface area contributed by atoms with E-state index in [2.05, 4.69) is 0 Å². The number of benzene rings is 1. The van der Waals surface area contributed by atoms with Gasteiger partial charge in [0.05, 0.1) is 0 Å². The number of carbonyl (C=O) groups excluding carboxylic acids is 1. The molecule has 7 heteroatoms. The Hall–Kier alpha value is -1.47. The Labute approximate surface area is 124 Å². The van der Waals surface area contributed by atoms with Gasteiger partial charge >= 0.3 is 0 Å². The second-order valence-electron chi connectivity index (χ2n) is 5.20. The molecule has 1 heterocycles. The number of rotatable bonds is 3. The number of piperidine rings is 1. The first-order chi connectivity index (χ1) is 9.84. The summed E-state index contributed by atoms with van der Waals surface area (Å²) in [6.45, 7) is 2.07. The van der Waals surface area contributed by atoms with Gasteiger partial charge in [0.15, 0.2) is 0 Å². The Bertz CT molecular complexity index is 625. The van der Waals surface area contributed by atoms with E-state index in [9.17, 15) is 17.6 Å². The lowest BCUT2D eigenvalue weighted by molar-refractivity contribution is -0.130. The summed E-state index contributed by atoms with van der Waals surface area (Å²) in [6.07, 6.45) is 1.12. The van der Waals surface area contributed by atoms with Crippen LogP contribution in [0.3, 0.4) is 0 Å². The maximum absolute atomic E-state index is 13.7. The average Bonchev–Trinajstić information content (AvgIpc) is 2.46. The van der Waals surface area contributed by atoms with Gasteiger partial charge in [-0.3, -0.25) is 4.79 Å². The molecule has 1 amide bonds. The van der Waals surface area contributed by atoms with Gasteiger partial charge in [-0.1, -0.05) is 12.1 Å². The number of hydrogen-bond acceptors (Lipinski definition) is 3. The summed E-state index contributed by atoms with van der Waals surface area (Å²) in [5, 5.41) is 0. The summed E-state index contributed by atoms with van der Waals surface area (Å²) in [5.74, 6) is -0.772. The quantitative estimate of drug-likeness (QED) is 0.848. The highest BCUT2D eigenvalue weighted by molar-refractivity contribution is 7.89. The molecule has 5 nitrogen and oxygen atoms in total. The highest BCUT2D eigenvalue weighted by atomic mass is 32.2. The van der Waals surface area contributed by atoms with Crippen LogP contribution >= 0.6 is 0 Å². The van der Waals surface area contributed by atoms with Crippen LogP contribution in [0, 0.1) is 5.82 Å². The number of hydrogen-bond donors (Lipinski definition) is 0. The summed E-state index contributed by atoms with van der Waals surface area (Å²) in [4.78, 5) is 12.7. The standard InChI is InChI=1S/C14H19FN2O3S/c1-11(18)16(2)12-7-9-17(10-8-12)21(19,20)14-6-4-3-5-13(14)15/h3-6,12H,7-10H2,1-2H3. The van der Waals surface area contributed by atoms with E-state index in [-0.39, 0.29) is 16.8 Å². The molecule has 2 rings (SSSR count). The average molecular weight is 314 g/mol. The Kier molecular flexibility index (Phi) is 4.63. The van der Waals surface area contributed by atoms with Gasteiger partial charge in [0.1, 0.15) is 10.7 Å². The van der Waals surface area contributed by atoms with Gasteiger partial charge < -0.3 is 4.90 Å². The molecule has 1 aliphatic heterocycles. The molecule has 0 aliphatic carbocycles. The third-order valence-corrected chi connectivity index (χ3v) is 5.85. The smallest absolute Gasteiger partial charge is 0.245 e. The molecule has 0 radical (unpaired) electrons. The summed E-state index contributed by atoms with van der Waals surface area (Å²) in [5.41, 5.74) is 0. The largest absolute Gasteiger partial charge is 0.343 e. The fraction of sp³-hybridized carbons (Fsp3) is 0.500. The zero-order valence-corrected chi connectivity index (χ0v) is 12.9. The lowest BCUT2D eigenvalue weighted by Crippen LogP contribution is -2.46.